The largest absolute Gasteiger partial charge is 0.493 e. The number of aromatic nitrogens is 1. The molecule has 0 N–H and O–H groups in total. The number of ether oxygens (including phenoxy) is 2. The molecule has 1 heterocycles. The lowest BCUT2D eigenvalue weighted by Crippen LogP contribution is -2.22. The highest BCUT2D eigenvalue weighted by molar-refractivity contribution is 6.30. The van der Waals surface area contributed by atoms with E-state index in [1.807, 2.05) is 30.3 Å². The van der Waals surface area contributed by atoms with Crippen LogP contribution in [0.5, 0.6) is 11.5 Å². The van der Waals surface area contributed by atoms with Crippen molar-refractivity contribution in [3.8, 4) is 11.5 Å². The minimum absolute atomic E-state index is 0.0190. The molecule has 0 amide bonds. The molecular weight excluding hydrogens is 447 g/mol. The standard InChI is InChI=1S/C25H20ClFN2O4/c1-16(30)33-29(23-9-8-18(26)12-20(23)27)22-10-11-28-21-14-25(24(31-2)13-19(21)22)32-15-17-6-4-3-5-7-17/h3-14H,15H2,1-2H3. The second-order valence-electron chi connectivity index (χ2n) is 7.10. The summed E-state index contributed by atoms with van der Waals surface area (Å²) in [5.41, 5.74) is 1.96. The lowest BCUT2D eigenvalue weighted by molar-refractivity contribution is -0.141. The van der Waals surface area contributed by atoms with E-state index in [9.17, 15) is 9.18 Å². The molecule has 0 unspecified atom stereocenters. The van der Waals surface area contributed by atoms with E-state index < -0.39 is 11.8 Å². The first-order valence-electron chi connectivity index (χ1n) is 10.0. The third kappa shape index (κ3) is 4.99. The van der Waals surface area contributed by atoms with E-state index in [0.717, 1.165) is 16.7 Å². The van der Waals surface area contributed by atoms with Gasteiger partial charge in [-0.15, -0.1) is 0 Å². The smallest absolute Gasteiger partial charge is 0.329 e. The van der Waals surface area contributed by atoms with E-state index in [1.54, 1.807) is 18.2 Å². The number of carbonyl (C=O) groups is 1. The highest BCUT2D eigenvalue weighted by Crippen LogP contribution is 2.39. The molecule has 8 heteroatoms. The van der Waals surface area contributed by atoms with Gasteiger partial charge in [0.15, 0.2) is 17.3 Å². The number of anilines is 2. The summed E-state index contributed by atoms with van der Waals surface area (Å²) >= 11 is 5.89. The molecule has 168 valence electrons. The van der Waals surface area contributed by atoms with Crippen molar-refractivity contribution in [3.05, 3.63) is 89.3 Å². The summed E-state index contributed by atoms with van der Waals surface area (Å²) in [4.78, 5) is 21.6. The highest BCUT2D eigenvalue weighted by Gasteiger charge is 2.21. The van der Waals surface area contributed by atoms with Gasteiger partial charge in [0.05, 0.1) is 18.3 Å². The van der Waals surface area contributed by atoms with Crippen LogP contribution in [0.25, 0.3) is 10.9 Å². The second-order valence-corrected chi connectivity index (χ2v) is 7.53. The van der Waals surface area contributed by atoms with E-state index in [1.165, 1.54) is 32.4 Å². The second kappa shape index (κ2) is 9.75. The Kier molecular flexibility index (Phi) is 6.60. The van der Waals surface area contributed by atoms with Crippen LogP contribution in [0.1, 0.15) is 12.5 Å². The Morgan fingerprint density at radius 3 is 2.52 bits per heavy atom. The summed E-state index contributed by atoms with van der Waals surface area (Å²) in [6, 6.07) is 18.9. The van der Waals surface area contributed by atoms with Crippen LogP contribution in [0.2, 0.25) is 5.02 Å². The number of pyridine rings is 1. The number of carbonyl (C=O) groups excluding carboxylic acids is 1. The Labute approximate surface area is 195 Å². The first kappa shape index (κ1) is 22.4. The molecule has 4 aromatic rings. The molecule has 0 spiro atoms. The normalized spacial score (nSPS) is 10.7. The summed E-state index contributed by atoms with van der Waals surface area (Å²) < 4.78 is 26.2. The van der Waals surface area contributed by atoms with E-state index in [2.05, 4.69) is 4.98 Å². The predicted molar refractivity (Wildman–Crippen MR) is 124 cm³/mol. The average molecular weight is 467 g/mol. The van der Waals surface area contributed by atoms with Gasteiger partial charge in [0.2, 0.25) is 0 Å². The fourth-order valence-corrected chi connectivity index (χ4v) is 3.49. The van der Waals surface area contributed by atoms with E-state index in [0.29, 0.717) is 34.7 Å². The maximum Gasteiger partial charge on any atom is 0.329 e. The summed E-state index contributed by atoms with van der Waals surface area (Å²) in [7, 11) is 1.52. The molecule has 1 aromatic heterocycles. The van der Waals surface area contributed by atoms with Gasteiger partial charge in [-0.05, 0) is 35.9 Å². The first-order chi connectivity index (χ1) is 16.0. The number of methoxy groups -OCH3 is 1. The van der Waals surface area contributed by atoms with Crippen molar-refractivity contribution in [3.63, 3.8) is 0 Å². The predicted octanol–water partition coefficient (Wildman–Crippen LogP) is 6.23. The lowest BCUT2D eigenvalue weighted by atomic mass is 10.1. The minimum atomic E-state index is -0.650. The number of rotatable bonds is 7. The van der Waals surface area contributed by atoms with Gasteiger partial charge >= 0.3 is 5.97 Å². The Hall–Kier alpha value is -3.84. The SMILES string of the molecule is COc1cc2c(N(OC(C)=O)c3ccc(Cl)cc3F)ccnc2cc1OCc1ccccc1. The Balaban J connectivity index is 1.79. The summed E-state index contributed by atoms with van der Waals surface area (Å²) in [5.74, 6) is -0.324. The molecule has 0 saturated carbocycles. The van der Waals surface area contributed by atoms with Crippen molar-refractivity contribution in [2.45, 2.75) is 13.5 Å². The molecule has 4 rings (SSSR count). The molecule has 0 aliphatic rings. The van der Waals surface area contributed by atoms with E-state index >= 15 is 0 Å². The molecule has 0 saturated heterocycles. The maximum atomic E-state index is 14.7. The molecule has 33 heavy (non-hydrogen) atoms. The van der Waals surface area contributed by atoms with Gasteiger partial charge in [0.1, 0.15) is 12.3 Å². The third-order valence-electron chi connectivity index (χ3n) is 4.81. The zero-order valence-electron chi connectivity index (χ0n) is 17.9. The molecular formula is C25H20ClFN2O4. The third-order valence-corrected chi connectivity index (χ3v) is 5.04. The van der Waals surface area contributed by atoms with Gasteiger partial charge in [-0.25, -0.2) is 9.18 Å². The van der Waals surface area contributed by atoms with Crippen LogP contribution < -0.4 is 14.5 Å². The quantitative estimate of drug-likeness (QED) is 0.301. The van der Waals surface area contributed by atoms with Gasteiger partial charge in [-0.1, -0.05) is 41.9 Å². The Morgan fingerprint density at radius 2 is 1.82 bits per heavy atom. The minimum Gasteiger partial charge on any atom is -0.493 e. The van der Waals surface area contributed by atoms with Crippen LogP contribution in [0, 0.1) is 5.82 Å². The van der Waals surface area contributed by atoms with Crippen LogP contribution in [0.4, 0.5) is 15.8 Å². The molecule has 0 aliphatic heterocycles. The van der Waals surface area contributed by atoms with Crippen LogP contribution in [0.3, 0.4) is 0 Å². The van der Waals surface area contributed by atoms with Gasteiger partial charge in [0, 0.05) is 29.6 Å². The number of benzene rings is 3. The van der Waals surface area contributed by atoms with Crippen molar-refractivity contribution < 1.29 is 23.5 Å². The number of hydrogen-bond donors (Lipinski definition) is 0. The van der Waals surface area contributed by atoms with Crippen LogP contribution in [0.15, 0.2) is 72.9 Å². The summed E-state index contributed by atoms with van der Waals surface area (Å²) in [6.45, 7) is 1.58. The Morgan fingerprint density at radius 1 is 1.03 bits per heavy atom. The number of fused-ring (bicyclic) bond motifs is 1. The number of halogens is 2. The monoisotopic (exact) mass is 466 g/mol. The Bertz CT molecular complexity index is 1300. The van der Waals surface area contributed by atoms with Gasteiger partial charge < -0.3 is 14.3 Å². The molecule has 0 atom stereocenters. The van der Waals surface area contributed by atoms with Crippen LogP contribution in [-0.2, 0) is 16.2 Å². The van der Waals surface area contributed by atoms with Crippen LogP contribution >= 0.6 is 11.6 Å². The number of nitrogens with zero attached hydrogens (tertiary/aromatic N) is 2. The lowest BCUT2D eigenvalue weighted by Gasteiger charge is -2.24. The molecule has 0 fully saturated rings. The summed E-state index contributed by atoms with van der Waals surface area (Å²) in [5, 5.41) is 1.90. The van der Waals surface area contributed by atoms with Crippen molar-refractivity contribution in [1.82, 2.24) is 4.98 Å². The molecule has 0 bridgehead atoms. The van der Waals surface area contributed by atoms with Crippen molar-refractivity contribution >= 4 is 39.8 Å². The zero-order valence-corrected chi connectivity index (χ0v) is 18.7. The molecule has 0 aliphatic carbocycles. The molecule has 6 nitrogen and oxygen atoms in total. The number of hydrogen-bond acceptors (Lipinski definition) is 6. The van der Waals surface area contributed by atoms with E-state index in [-0.39, 0.29) is 10.7 Å². The average Bonchev–Trinajstić information content (AvgIpc) is 2.81. The first-order valence-corrected chi connectivity index (χ1v) is 10.4. The zero-order chi connectivity index (χ0) is 23.4. The van der Waals surface area contributed by atoms with Gasteiger partial charge in [-0.2, -0.15) is 5.06 Å². The molecule has 3 aromatic carbocycles. The van der Waals surface area contributed by atoms with Gasteiger partial charge in [0.25, 0.3) is 0 Å². The maximum absolute atomic E-state index is 14.7. The highest BCUT2D eigenvalue weighted by atomic mass is 35.5. The topological polar surface area (TPSA) is 60.9 Å². The van der Waals surface area contributed by atoms with Crippen molar-refractivity contribution in [2.75, 3.05) is 12.2 Å². The van der Waals surface area contributed by atoms with Crippen molar-refractivity contribution in [1.29, 1.82) is 0 Å². The summed E-state index contributed by atoms with van der Waals surface area (Å²) in [6.07, 6.45) is 1.54. The fourth-order valence-electron chi connectivity index (χ4n) is 3.33. The molecule has 0 radical (unpaired) electrons. The fraction of sp³-hybridized carbons (Fsp3) is 0.120. The van der Waals surface area contributed by atoms with Crippen LogP contribution in [-0.4, -0.2) is 18.1 Å². The van der Waals surface area contributed by atoms with Crippen molar-refractivity contribution in [2.24, 2.45) is 0 Å². The van der Waals surface area contributed by atoms with Gasteiger partial charge in [-0.3, -0.25) is 4.98 Å². The van der Waals surface area contributed by atoms with E-state index in [4.69, 9.17) is 25.9 Å².